The molecule has 2 N–H and O–H groups in total. The van der Waals surface area contributed by atoms with Gasteiger partial charge in [0.15, 0.2) is 0 Å². The lowest BCUT2D eigenvalue weighted by Crippen LogP contribution is -1.96. The van der Waals surface area contributed by atoms with Crippen LogP contribution in [-0.4, -0.2) is 27.5 Å². The van der Waals surface area contributed by atoms with E-state index in [0.29, 0.717) is 4.68 Å². The molecule has 1 aromatic heterocycles. The summed E-state index contributed by atoms with van der Waals surface area (Å²) in [5.74, 6) is 0. The lowest BCUT2D eigenvalue weighted by Gasteiger charge is -1.93. The normalized spacial score (nSPS) is 8.82. The Morgan fingerprint density at radius 2 is 2.00 bits per heavy atom. The Bertz CT molecular complexity index is 171. The number of aromatic nitrogens is 2. The van der Waals surface area contributed by atoms with Crippen molar-refractivity contribution in [3.8, 4) is 0 Å². The fraction of sp³-hybridized carbons (Fsp3) is 0.250. The van der Waals surface area contributed by atoms with Crippen molar-refractivity contribution in [2.24, 2.45) is 0 Å². The molecule has 0 aromatic carbocycles. The first-order valence-electron chi connectivity index (χ1n) is 2.59. The van der Waals surface area contributed by atoms with Crippen molar-refractivity contribution in [2.45, 2.75) is 6.55 Å². The summed E-state index contributed by atoms with van der Waals surface area (Å²) in [6.07, 6.45) is 2.52. The van der Waals surface area contributed by atoms with Gasteiger partial charge >= 0.3 is 14.2 Å². The third kappa shape index (κ3) is 4.46. The molecule has 0 amide bonds. The predicted octanol–water partition coefficient (Wildman–Crippen LogP) is -0.217. The van der Waals surface area contributed by atoms with Crippen LogP contribution >= 0.6 is 0 Å². The molecule has 1 heterocycles. The third-order valence-electron chi connectivity index (χ3n) is 0.725. The van der Waals surface area contributed by atoms with Gasteiger partial charge < -0.3 is 10.0 Å². The van der Waals surface area contributed by atoms with Crippen molar-refractivity contribution in [3.63, 3.8) is 0 Å². The molecular weight excluding hydrogens is 157 g/mol. The van der Waals surface area contributed by atoms with E-state index in [2.05, 4.69) is 5.10 Å². The van der Waals surface area contributed by atoms with Crippen LogP contribution in [-0.2, 0) is 0 Å². The molecule has 1 rings (SSSR count). The third-order valence-corrected chi connectivity index (χ3v) is 0.725. The average Bonchev–Trinajstić information content (AvgIpc) is 2.38. The van der Waals surface area contributed by atoms with Crippen LogP contribution in [0.4, 0.5) is 8.78 Å². The maximum Gasteiger partial charge on any atom is 0.482 e. The molecule has 0 atom stereocenters. The molecule has 4 nitrogen and oxygen atoms in total. The van der Waals surface area contributed by atoms with Crippen molar-refractivity contribution in [3.05, 3.63) is 18.5 Å². The summed E-state index contributed by atoms with van der Waals surface area (Å²) in [6.45, 7) is -2.51. The molecule has 1 aromatic rings. The lowest BCUT2D eigenvalue weighted by molar-refractivity contribution is 0.0566. The van der Waals surface area contributed by atoms with Crippen LogP contribution in [0.25, 0.3) is 0 Å². The Morgan fingerprint density at radius 1 is 1.45 bits per heavy atom. The summed E-state index contributed by atoms with van der Waals surface area (Å²) in [6, 6.07) is 1.45. The summed E-state index contributed by atoms with van der Waals surface area (Å²) in [7, 11) is 0. The smallest absolute Gasteiger partial charge is 0.429 e. The molecule has 0 bridgehead atoms. The molecule has 0 aliphatic rings. The minimum atomic E-state index is -2.51. The van der Waals surface area contributed by atoms with Gasteiger partial charge in [-0.25, -0.2) is 4.68 Å². The van der Waals surface area contributed by atoms with E-state index in [1.165, 1.54) is 18.5 Å². The summed E-state index contributed by atoms with van der Waals surface area (Å²) in [5.41, 5.74) is 0. The first-order chi connectivity index (χ1) is 5.22. The zero-order valence-electron chi connectivity index (χ0n) is 5.43. The Morgan fingerprint density at radius 3 is 2.18 bits per heavy atom. The van der Waals surface area contributed by atoms with Crippen molar-refractivity contribution < 1.29 is 18.8 Å². The number of alkyl halides is 2. The molecule has 0 fully saturated rings. The summed E-state index contributed by atoms with van der Waals surface area (Å²) in [5, 5.41) is 17.3. The van der Waals surface area contributed by atoms with Gasteiger partial charge in [0, 0.05) is 12.4 Å². The minimum Gasteiger partial charge on any atom is -0.429 e. The highest BCUT2D eigenvalue weighted by Crippen LogP contribution is 2.04. The molecule has 0 spiro atoms. The van der Waals surface area contributed by atoms with Crippen LogP contribution in [0.5, 0.6) is 0 Å². The highest BCUT2D eigenvalue weighted by molar-refractivity contribution is 6.13. The first-order valence-corrected chi connectivity index (χ1v) is 2.59. The van der Waals surface area contributed by atoms with E-state index in [9.17, 15) is 8.78 Å². The SMILES string of the molecule is FC(F)n1cccn1.O[B]O. The first kappa shape index (κ1) is 10.1. The second kappa shape index (κ2) is 5.81. The Balaban J connectivity index is 0.000000292. The summed E-state index contributed by atoms with van der Waals surface area (Å²) < 4.78 is 23.6. The van der Waals surface area contributed by atoms with Crippen LogP contribution in [0.3, 0.4) is 0 Å². The van der Waals surface area contributed by atoms with Crippen molar-refractivity contribution in [1.82, 2.24) is 9.78 Å². The number of nitrogens with zero attached hydrogens (tertiary/aromatic N) is 2. The molecule has 0 aliphatic heterocycles. The van der Waals surface area contributed by atoms with Gasteiger partial charge in [0.2, 0.25) is 0 Å². The topological polar surface area (TPSA) is 58.3 Å². The Kier molecular flexibility index (Phi) is 5.31. The van der Waals surface area contributed by atoms with Crippen LogP contribution in [0, 0.1) is 0 Å². The van der Waals surface area contributed by atoms with E-state index >= 15 is 0 Å². The largest absolute Gasteiger partial charge is 0.482 e. The predicted molar refractivity (Wildman–Crippen MR) is 33.7 cm³/mol. The zero-order valence-corrected chi connectivity index (χ0v) is 5.43. The van der Waals surface area contributed by atoms with Gasteiger partial charge in [-0.15, -0.1) is 0 Å². The monoisotopic (exact) mass is 163 g/mol. The van der Waals surface area contributed by atoms with E-state index in [1.807, 2.05) is 0 Å². The number of hydrogen-bond donors (Lipinski definition) is 2. The standard InChI is InChI=1S/C4H4F2N2.BH2O2/c5-4(6)8-3-1-2-7-8;2-1-3/h1-4H;2-3H. The second-order valence-electron chi connectivity index (χ2n) is 1.38. The maximum absolute atomic E-state index is 11.5. The van der Waals surface area contributed by atoms with E-state index in [0.717, 1.165) is 0 Å². The number of hydrogen-bond acceptors (Lipinski definition) is 3. The maximum atomic E-state index is 11.5. The minimum absolute atomic E-state index is 0. The molecule has 0 saturated carbocycles. The lowest BCUT2D eigenvalue weighted by atomic mass is 10.5. The van der Waals surface area contributed by atoms with E-state index in [1.54, 1.807) is 0 Å². The highest BCUT2D eigenvalue weighted by Gasteiger charge is 2.01. The fourth-order valence-electron chi connectivity index (χ4n) is 0.396. The van der Waals surface area contributed by atoms with Crippen LogP contribution in [0.2, 0.25) is 0 Å². The zero-order chi connectivity index (χ0) is 8.69. The van der Waals surface area contributed by atoms with Gasteiger partial charge in [-0.1, -0.05) is 0 Å². The molecule has 61 valence electrons. The van der Waals surface area contributed by atoms with E-state index in [-0.39, 0.29) is 7.69 Å². The van der Waals surface area contributed by atoms with E-state index < -0.39 is 6.55 Å². The molecule has 7 heteroatoms. The second-order valence-corrected chi connectivity index (χ2v) is 1.38. The van der Waals surface area contributed by atoms with Crippen molar-refractivity contribution in [1.29, 1.82) is 0 Å². The Labute approximate surface area is 62.4 Å². The Hall–Kier alpha value is -0.945. The van der Waals surface area contributed by atoms with Crippen LogP contribution in [0.15, 0.2) is 18.5 Å². The van der Waals surface area contributed by atoms with Crippen LogP contribution < -0.4 is 0 Å². The van der Waals surface area contributed by atoms with Crippen LogP contribution in [0.1, 0.15) is 6.55 Å². The number of rotatable bonds is 1. The molecule has 0 saturated heterocycles. The fourth-order valence-corrected chi connectivity index (χ4v) is 0.396. The highest BCUT2D eigenvalue weighted by atomic mass is 19.3. The van der Waals surface area contributed by atoms with E-state index in [4.69, 9.17) is 10.0 Å². The van der Waals surface area contributed by atoms with Crippen molar-refractivity contribution >= 4 is 7.69 Å². The molecule has 1 radical (unpaired) electrons. The van der Waals surface area contributed by atoms with Gasteiger partial charge in [0.1, 0.15) is 0 Å². The van der Waals surface area contributed by atoms with Crippen molar-refractivity contribution in [2.75, 3.05) is 0 Å². The van der Waals surface area contributed by atoms with Gasteiger partial charge in [0.25, 0.3) is 0 Å². The number of halogens is 2. The molecule has 0 unspecified atom stereocenters. The molecule has 11 heavy (non-hydrogen) atoms. The summed E-state index contributed by atoms with van der Waals surface area (Å²) in [4.78, 5) is 0. The quantitative estimate of drug-likeness (QED) is 0.562. The molecular formula is C4H6BF2N2O2. The molecule has 0 aliphatic carbocycles. The van der Waals surface area contributed by atoms with Gasteiger partial charge in [-0.3, -0.25) is 0 Å². The summed E-state index contributed by atoms with van der Waals surface area (Å²) >= 11 is 0. The van der Waals surface area contributed by atoms with Gasteiger partial charge in [-0.2, -0.15) is 13.9 Å². The van der Waals surface area contributed by atoms with Gasteiger partial charge in [-0.05, 0) is 6.07 Å². The average molecular weight is 163 g/mol. The van der Waals surface area contributed by atoms with Gasteiger partial charge in [0.05, 0.1) is 0 Å².